The standard InChI is InChI=1S/C17H18ClN3O4S/c18-15-3-1-2-14(12-15)13-19-8-10-20(11-9-19)26(24,25)17-6-4-16(5-7-17)21(22)23/h1-7,12H,8-11,13H2. The molecule has 1 aliphatic heterocycles. The van der Waals surface area contributed by atoms with Crippen molar-refractivity contribution in [3.8, 4) is 0 Å². The lowest BCUT2D eigenvalue weighted by Crippen LogP contribution is -2.48. The van der Waals surface area contributed by atoms with Crippen molar-refractivity contribution in [1.29, 1.82) is 0 Å². The number of halogens is 1. The molecular formula is C17H18ClN3O4S. The first-order valence-electron chi connectivity index (χ1n) is 8.08. The summed E-state index contributed by atoms with van der Waals surface area (Å²) < 4.78 is 26.8. The van der Waals surface area contributed by atoms with E-state index in [1.165, 1.54) is 28.6 Å². The Morgan fingerprint density at radius 1 is 1.04 bits per heavy atom. The molecule has 3 rings (SSSR count). The van der Waals surface area contributed by atoms with Gasteiger partial charge in [-0.3, -0.25) is 15.0 Å². The van der Waals surface area contributed by atoms with Crippen LogP contribution in [0, 0.1) is 10.1 Å². The number of hydrogen-bond donors (Lipinski definition) is 0. The molecule has 2 aromatic rings. The van der Waals surface area contributed by atoms with Crippen LogP contribution in [-0.2, 0) is 16.6 Å². The zero-order valence-electron chi connectivity index (χ0n) is 13.9. The van der Waals surface area contributed by atoms with Crippen LogP contribution < -0.4 is 0 Å². The highest BCUT2D eigenvalue weighted by atomic mass is 35.5. The van der Waals surface area contributed by atoms with Gasteiger partial charge in [0.1, 0.15) is 0 Å². The van der Waals surface area contributed by atoms with Gasteiger partial charge in [0.25, 0.3) is 5.69 Å². The molecule has 0 N–H and O–H groups in total. The first-order chi connectivity index (χ1) is 12.4. The Balaban J connectivity index is 1.64. The molecule has 26 heavy (non-hydrogen) atoms. The highest BCUT2D eigenvalue weighted by Gasteiger charge is 2.28. The van der Waals surface area contributed by atoms with E-state index >= 15 is 0 Å². The van der Waals surface area contributed by atoms with E-state index in [1.54, 1.807) is 0 Å². The molecule has 0 aliphatic carbocycles. The molecule has 1 heterocycles. The third-order valence-corrected chi connectivity index (χ3v) is 6.46. The molecule has 0 aromatic heterocycles. The molecule has 2 aromatic carbocycles. The van der Waals surface area contributed by atoms with Crippen LogP contribution in [0.15, 0.2) is 53.4 Å². The fraction of sp³-hybridized carbons (Fsp3) is 0.294. The Morgan fingerprint density at radius 2 is 1.69 bits per heavy atom. The van der Waals surface area contributed by atoms with Gasteiger partial charge in [-0.05, 0) is 29.8 Å². The summed E-state index contributed by atoms with van der Waals surface area (Å²) in [7, 11) is -3.64. The van der Waals surface area contributed by atoms with Crippen molar-refractivity contribution in [3.63, 3.8) is 0 Å². The van der Waals surface area contributed by atoms with Gasteiger partial charge in [0.15, 0.2) is 0 Å². The van der Waals surface area contributed by atoms with Crippen LogP contribution in [-0.4, -0.2) is 48.7 Å². The second-order valence-electron chi connectivity index (χ2n) is 6.06. The average Bonchev–Trinajstić information content (AvgIpc) is 2.62. The van der Waals surface area contributed by atoms with Crippen LogP contribution in [0.25, 0.3) is 0 Å². The van der Waals surface area contributed by atoms with E-state index in [1.807, 2.05) is 24.3 Å². The van der Waals surface area contributed by atoms with E-state index < -0.39 is 14.9 Å². The minimum Gasteiger partial charge on any atom is -0.296 e. The molecule has 0 unspecified atom stereocenters. The fourth-order valence-electron chi connectivity index (χ4n) is 2.91. The van der Waals surface area contributed by atoms with Gasteiger partial charge in [-0.15, -0.1) is 0 Å². The van der Waals surface area contributed by atoms with Crippen LogP contribution in [0.3, 0.4) is 0 Å². The van der Waals surface area contributed by atoms with Gasteiger partial charge in [0.2, 0.25) is 10.0 Å². The number of rotatable bonds is 5. The summed E-state index contributed by atoms with van der Waals surface area (Å²) in [4.78, 5) is 12.4. The third-order valence-electron chi connectivity index (χ3n) is 4.31. The molecule has 0 amide bonds. The van der Waals surface area contributed by atoms with E-state index in [0.717, 1.165) is 5.56 Å². The highest BCUT2D eigenvalue weighted by molar-refractivity contribution is 7.89. The molecule has 0 atom stereocenters. The first kappa shape index (κ1) is 18.8. The number of nitro groups is 1. The van der Waals surface area contributed by atoms with Gasteiger partial charge >= 0.3 is 0 Å². The zero-order chi connectivity index (χ0) is 18.7. The number of nitrogens with zero attached hydrogens (tertiary/aromatic N) is 3. The first-order valence-corrected chi connectivity index (χ1v) is 9.89. The number of piperazine rings is 1. The largest absolute Gasteiger partial charge is 0.296 e. The Kier molecular flexibility index (Phi) is 5.57. The molecule has 0 spiro atoms. The lowest BCUT2D eigenvalue weighted by molar-refractivity contribution is -0.384. The maximum absolute atomic E-state index is 12.7. The summed E-state index contributed by atoms with van der Waals surface area (Å²) in [5.41, 5.74) is 0.958. The molecule has 0 saturated carbocycles. The SMILES string of the molecule is O=[N+]([O-])c1ccc(S(=O)(=O)N2CCN(Cc3cccc(Cl)c3)CC2)cc1. The monoisotopic (exact) mass is 395 g/mol. The van der Waals surface area contributed by atoms with Crippen LogP contribution in [0.5, 0.6) is 0 Å². The van der Waals surface area contributed by atoms with Gasteiger partial charge in [0.05, 0.1) is 9.82 Å². The predicted octanol–water partition coefficient (Wildman–Crippen LogP) is 2.75. The summed E-state index contributed by atoms with van der Waals surface area (Å²) in [5.74, 6) is 0. The number of nitro benzene ring substituents is 1. The van der Waals surface area contributed by atoms with Crippen LogP contribution in [0.2, 0.25) is 5.02 Å². The summed E-state index contributed by atoms with van der Waals surface area (Å²) in [6.45, 7) is 2.68. The maximum Gasteiger partial charge on any atom is 0.269 e. The Labute approximate surface area is 157 Å². The van der Waals surface area contributed by atoms with Crippen LogP contribution >= 0.6 is 11.6 Å². The number of sulfonamides is 1. The third kappa shape index (κ3) is 4.21. The Bertz CT molecular complexity index is 894. The lowest BCUT2D eigenvalue weighted by atomic mass is 10.2. The van der Waals surface area contributed by atoms with Gasteiger partial charge < -0.3 is 0 Å². The normalized spacial score (nSPS) is 16.5. The second-order valence-corrected chi connectivity index (χ2v) is 8.44. The van der Waals surface area contributed by atoms with Crippen molar-refractivity contribution in [2.24, 2.45) is 0 Å². The van der Waals surface area contributed by atoms with Crippen molar-refractivity contribution in [1.82, 2.24) is 9.21 Å². The van der Waals surface area contributed by atoms with E-state index in [0.29, 0.717) is 37.7 Å². The van der Waals surface area contributed by atoms with Crippen LogP contribution in [0.4, 0.5) is 5.69 Å². The fourth-order valence-corrected chi connectivity index (χ4v) is 4.55. The van der Waals surface area contributed by atoms with Gasteiger partial charge in [0, 0.05) is 49.9 Å². The van der Waals surface area contributed by atoms with Crippen molar-refractivity contribution in [3.05, 3.63) is 69.2 Å². The molecule has 0 radical (unpaired) electrons. The van der Waals surface area contributed by atoms with Gasteiger partial charge in [-0.25, -0.2) is 8.42 Å². The van der Waals surface area contributed by atoms with Crippen molar-refractivity contribution in [2.45, 2.75) is 11.4 Å². The minimum absolute atomic E-state index is 0.0754. The molecule has 1 aliphatic rings. The quantitative estimate of drug-likeness (QED) is 0.574. The number of benzene rings is 2. The summed E-state index contributed by atoms with van der Waals surface area (Å²) in [6, 6.07) is 12.6. The van der Waals surface area contributed by atoms with E-state index in [9.17, 15) is 18.5 Å². The van der Waals surface area contributed by atoms with Crippen LogP contribution in [0.1, 0.15) is 5.56 Å². The average molecular weight is 396 g/mol. The van der Waals surface area contributed by atoms with E-state index in [2.05, 4.69) is 4.90 Å². The zero-order valence-corrected chi connectivity index (χ0v) is 15.5. The Morgan fingerprint density at radius 3 is 2.27 bits per heavy atom. The topological polar surface area (TPSA) is 83.8 Å². The predicted molar refractivity (Wildman–Crippen MR) is 98.6 cm³/mol. The molecule has 0 bridgehead atoms. The van der Waals surface area contributed by atoms with E-state index in [-0.39, 0.29) is 10.6 Å². The van der Waals surface area contributed by atoms with Gasteiger partial charge in [-0.1, -0.05) is 23.7 Å². The highest BCUT2D eigenvalue weighted by Crippen LogP contribution is 2.21. The van der Waals surface area contributed by atoms with Crippen molar-refractivity contribution in [2.75, 3.05) is 26.2 Å². The molecular weight excluding hydrogens is 378 g/mol. The smallest absolute Gasteiger partial charge is 0.269 e. The van der Waals surface area contributed by atoms with Gasteiger partial charge in [-0.2, -0.15) is 4.31 Å². The molecule has 138 valence electrons. The lowest BCUT2D eigenvalue weighted by Gasteiger charge is -2.34. The second kappa shape index (κ2) is 7.71. The Hall–Kier alpha value is -2.00. The summed E-state index contributed by atoms with van der Waals surface area (Å²) in [6.07, 6.45) is 0. The van der Waals surface area contributed by atoms with E-state index in [4.69, 9.17) is 11.6 Å². The number of hydrogen-bond acceptors (Lipinski definition) is 5. The summed E-state index contributed by atoms with van der Waals surface area (Å²) in [5, 5.41) is 11.4. The number of non-ortho nitro benzene ring substituents is 1. The minimum atomic E-state index is -3.64. The molecule has 1 saturated heterocycles. The molecule has 1 fully saturated rings. The maximum atomic E-state index is 12.7. The van der Waals surface area contributed by atoms with Crippen molar-refractivity contribution < 1.29 is 13.3 Å². The summed E-state index contributed by atoms with van der Waals surface area (Å²) >= 11 is 6.00. The molecule has 9 heteroatoms. The van der Waals surface area contributed by atoms with Crippen molar-refractivity contribution >= 4 is 27.3 Å². The molecule has 7 nitrogen and oxygen atoms in total.